The van der Waals surface area contributed by atoms with E-state index in [4.69, 9.17) is 27.6 Å². The summed E-state index contributed by atoms with van der Waals surface area (Å²) < 4.78 is 6.83. The summed E-state index contributed by atoms with van der Waals surface area (Å²) in [5.74, 6) is -0.394. The van der Waals surface area contributed by atoms with Crippen LogP contribution in [-0.2, 0) is 0 Å². The van der Waals surface area contributed by atoms with Crippen LogP contribution in [0, 0.1) is 0 Å². The van der Waals surface area contributed by atoms with Crippen molar-refractivity contribution in [1.29, 1.82) is 0 Å². The summed E-state index contributed by atoms with van der Waals surface area (Å²) >= 11 is 15.6. The summed E-state index contributed by atoms with van der Waals surface area (Å²) in [6, 6.07) is 21.5. The van der Waals surface area contributed by atoms with Crippen LogP contribution in [0.25, 0.3) is 11.0 Å². The summed E-state index contributed by atoms with van der Waals surface area (Å²) in [5.41, 5.74) is 2.22. The van der Waals surface area contributed by atoms with E-state index in [0.29, 0.717) is 27.0 Å². The predicted octanol–water partition coefficient (Wildman–Crippen LogP) is 6.99. The van der Waals surface area contributed by atoms with Gasteiger partial charge in [0, 0.05) is 14.9 Å². The summed E-state index contributed by atoms with van der Waals surface area (Å²) in [6.07, 6.45) is 0. The Balaban J connectivity index is 1.85. The zero-order valence-corrected chi connectivity index (χ0v) is 17.9. The molecule has 0 atom stereocenters. The van der Waals surface area contributed by atoms with Crippen molar-refractivity contribution in [2.75, 3.05) is 5.32 Å². The molecule has 7 heteroatoms. The molecule has 0 unspecified atom stereocenters. The van der Waals surface area contributed by atoms with E-state index in [9.17, 15) is 4.79 Å². The third kappa shape index (κ3) is 4.53. The molecule has 4 aromatic rings. The lowest BCUT2D eigenvalue weighted by atomic mass is 10.1. The van der Waals surface area contributed by atoms with Crippen LogP contribution in [0.2, 0.25) is 10.0 Å². The minimum Gasteiger partial charge on any atom is -0.438 e. The second-order valence-corrected chi connectivity index (χ2v) is 7.93. The second kappa shape index (κ2) is 8.41. The number of hydrogen-bond donors (Lipinski definition) is 1. The van der Waals surface area contributed by atoms with Crippen molar-refractivity contribution >= 4 is 67.4 Å². The van der Waals surface area contributed by atoms with Gasteiger partial charge in [-0.1, -0.05) is 57.3 Å². The van der Waals surface area contributed by atoms with E-state index in [1.54, 1.807) is 24.3 Å². The van der Waals surface area contributed by atoms with Crippen LogP contribution in [0.3, 0.4) is 0 Å². The average molecular weight is 488 g/mol. The van der Waals surface area contributed by atoms with E-state index in [0.717, 1.165) is 9.86 Å². The van der Waals surface area contributed by atoms with Crippen molar-refractivity contribution in [2.24, 2.45) is 4.99 Å². The molecule has 0 radical (unpaired) electrons. The van der Waals surface area contributed by atoms with E-state index in [2.05, 4.69) is 26.2 Å². The maximum Gasteiger partial charge on any atom is 0.261 e. The molecule has 0 spiro atoms. The minimum atomic E-state index is -0.394. The molecule has 0 aliphatic heterocycles. The van der Waals surface area contributed by atoms with Gasteiger partial charge < -0.3 is 9.73 Å². The molecular weight excluding hydrogens is 475 g/mol. The Hall–Kier alpha value is -2.60. The first-order valence-corrected chi connectivity index (χ1v) is 10.1. The first-order chi connectivity index (χ1) is 14.0. The molecule has 3 aromatic carbocycles. The summed E-state index contributed by atoms with van der Waals surface area (Å²) in [5, 5.41) is 4.39. The van der Waals surface area contributed by atoms with Gasteiger partial charge in [0.1, 0.15) is 11.1 Å². The molecule has 1 aromatic heterocycles. The van der Waals surface area contributed by atoms with Gasteiger partial charge in [0.25, 0.3) is 5.91 Å². The van der Waals surface area contributed by atoms with Gasteiger partial charge in [0.2, 0.25) is 5.55 Å². The topological polar surface area (TPSA) is 54.6 Å². The summed E-state index contributed by atoms with van der Waals surface area (Å²) in [7, 11) is 0. The Morgan fingerprint density at radius 2 is 1.76 bits per heavy atom. The Morgan fingerprint density at radius 1 is 0.966 bits per heavy atom. The zero-order chi connectivity index (χ0) is 20.4. The fourth-order valence-corrected chi connectivity index (χ4v) is 3.58. The van der Waals surface area contributed by atoms with Gasteiger partial charge in [-0.15, -0.1) is 0 Å². The van der Waals surface area contributed by atoms with Crippen LogP contribution in [0.1, 0.15) is 10.4 Å². The highest BCUT2D eigenvalue weighted by atomic mass is 79.9. The Bertz CT molecular complexity index is 1290. The predicted molar refractivity (Wildman–Crippen MR) is 120 cm³/mol. The third-order valence-electron chi connectivity index (χ3n) is 4.12. The number of para-hydroxylation sites is 1. The van der Waals surface area contributed by atoms with Crippen molar-refractivity contribution in [3.63, 3.8) is 0 Å². The van der Waals surface area contributed by atoms with Gasteiger partial charge in [-0.3, -0.25) is 4.79 Å². The van der Waals surface area contributed by atoms with E-state index >= 15 is 0 Å². The number of nitrogens with zero attached hydrogens (tertiary/aromatic N) is 1. The molecule has 0 fully saturated rings. The van der Waals surface area contributed by atoms with Crippen molar-refractivity contribution in [1.82, 2.24) is 0 Å². The standard InChI is InChI=1S/C22H13BrCl2N2O2/c23-14-6-9-20-13(10-14)11-17(22(29-20)26-16-4-2-1-3-5-16)21(28)27-19-8-7-15(24)12-18(19)25/h1-12H,(H,27,28). The highest BCUT2D eigenvalue weighted by Gasteiger charge is 2.15. The molecular formula is C22H13BrCl2N2O2. The van der Waals surface area contributed by atoms with E-state index in [1.165, 1.54) is 0 Å². The lowest BCUT2D eigenvalue weighted by Gasteiger charge is -2.09. The number of amides is 1. The average Bonchev–Trinajstić information content (AvgIpc) is 2.70. The smallest absolute Gasteiger partial charge is 0.261 e. The van der Waals surface area contributed by atoms with Gasteiger partial charge in [-0.25, -0.2) is 4.99 Å². The van der Waals surface area contributed by atoms with Gasteiger partial charge in [-0.2, -0.15) is 0 Å². The van der Waals surface area contributed by atoms with Crippen LogP contribution in [-0.4, -0.2) is 5.91 Å². The van der Waals surface area contributed by atoms with Crippen molar-refractivity contribution in [2.45, 2.75) is 0 Å². The number of benzene rings is 3. The molecule has 4 nitrogen and oxygen atoms in total. The van der Waals surface area contributed by atoms with Crippen molar-refractivity contribution in [3.8, 4) is 0 Å². The van der Waals surface area contributed by atoms with Crippen molar-refractivity contribution in [3.05, 3.63) is 98.4 Å². The van der Waals surface area contributed by atoms with E-state index in [-0.39, 0.29) is 11.1 Å². The monoisotopic (exact) mass is 486 g/mol. The molecule has 0 aliphatic carbocycles. The summed E-state index contributed by atoms with van der Waals surface area (Å²) in [6.45, 7) is 0. The Kier molecular flexibility index (Phi) is 5.72. The molecule has 1 amide bonds. The normalized spacial score (nSPS) is 11.6. The van der Waals surface area contributed by atoms with Crippen LogP contribution in [0.4, 0.5) is 11.4 Å². The molecule has 0 aliphatic rings. The SMILES string of the molecule is O=C(Nc1ccc(Cl)cc1Cl)c1cc2cc(Br)ccc2oc1=Nc1ccccc1. The number of fused-ring (bicyclic) bond motifs is 1. The zero-order valence-electron chi connectivity index (χ0n) is 14.8. The number of carbonyl (C=O) groups excluding carboxylic acids is 1. The third-order valence-corrected chi connectivity index (χ3v) is 5.16. The highest BCUT2D eigenvalue weighted by molar-refractivity contribution is 9.10. The maximum atomic E-state index is 13.1. The molecule has 4 rings (SSSR count). The number of halogens is 3. The highest BCUT2D eigenvalue weighted by Crippen LogP contribution is 2.26. The summed E-state index contributed by atoms with van der Waals surface area (Å²) in [4.78, 5) is 17.6. The van der Waals surface area contributed by atoms with E-state index in [1.807, 2.05) is 48.5 Å². The molecule has 1 N–H and O–H groups in total. The Labute approximate surface area is 184 Å². The van der Waals surface area contributed by atoms with E-state index < -0.39 is 5.91 Å². The number of carbonyl (C=O) groups is 1. The van der Waals surface area contributed by atoms with Crippen molar-refractivity contribution < 1.29 is 9.21 Å². The molecule has 0 bridgehead atoms. The number of anilines is 1. The molecule has 0 saturated carbocycles. The second-order valence-electron chi connectivity index (χ2n) is 6.17. The first-order valence-electron chi connectivity index (χ1n) is 8.59. The fraction of sp³-hybridized carbons (Fsp3) is 0. The van der Waals surface area contributed by atoms with Gasteiger partial charge >= 0.3 is 0 Å². The lowest BCUT2D eigenvalue weighted by molar-refractivity contribution is 0.102. The largest absolute Gasteiger partial charge is 0.438 e. The van der Waals surface area contributed by atoms with Crippen LogP contribution < -0.4 is 10.9 Å². The first kappa shape index (κ1) is 19.7. The van der Waals surface area contributed by atoms with Crippen LogP contribution in [0.15, 0.2) is 86.7 Å². The molecule has 1 heterocycles. The van der Waals surface area contributed by atoms with Gasteiger partial charge in [0.05, 0.1) is 16.4 Å². The number of hydrogen-bond acceptors (Lipinski definition) is 3. The quantitative estimate of drug-likeness (QED) is 0.338. The van der Waals surface area contributed by atoms with Crippen LogP contribution in [0.5, 0.6) is 0 Å². The number of rotatable bonds is 3. The van der Waals surface area contributed by atoms with Gasteiger partial charge in [0.15, 0.2) is 0 Å². The molecule has 29 heavy (non-hydrogen) atoms. The van der Waals surface area contributed by atoms with Gasteiger partial charge in [-0.05, 0) is 54.6 Å². The minimum absolute atomic E-state index is 0.202. The Morgan fingerprint density at radius 3 is 2.52 bits per heavy atom. The molecule has 0 saturated heterocycles. The maximum absolute atomic E-state index is 13.1. The lowest BCUT2D eigenvalue weighted by Crippen LogP contribution is -2.21. The number of nitrogens with one attached hydrogen (secondary N) is 1. The molecule has 144 valence electrons. The fourth-order valence-electron chi connectivity index (χ4n) is 2.75. The van der Waals surface area contributed by atoms with Crippen LogP contribution >= 0.6 is 39.1 Å².